The molecule has 0 bridgehead atoms. The highest BCUT2D eigenvalue weighted by Crippen LogP contribution is 2.26. The predicted octanol–water partition coefficient (Wildman–Crippen LogP) is 4.58. The van der Waals surface area contributed by atoms with Crippen LogP contribution in [0.15, 0.2) is 66.9 Å². The number of benzene rings is 2. The van der Waals surface area contributed by atoms with Gasteiger partial charge in [-0.25, -0.2) is 4.68 Å². The van der Waals surface area contributed by atoms with Crippen molar-refractivity contribution in [1.82, 2.24) is 20.0 Å². The molecule has 1 aliphatic carbocycles. The van der Waals surface area contributed by atoms with E-state index in [2.05, 4.69) is 5.32 Å². The smallest absolute Gasteiger partial charge is 0.242 e. The quantitative estimate of drug-likeness (QED) is 0.553. The maximum Gasteiger partial charge on any atom is 0.242 e. The van der Waals surface area contributed by atoms with Gasteiger partial charge in [0.25, 0.3) is 0 Å². The number of carbonyl (C=O) groups excluding carboxylic acids is 2. The Balaban J connectivity index is 1.42. The molecular formula is C27H32N4O2. The summed E-state index contributed by atoms with van der Waals surface area (Å²) in [5.74, 6) is 0.327. The van der Waals surface area contributed by atoms with Crippen LogP contribution in [-0.2, 0) is 16.1 Å². The van der Waals surface area contributed by atoms with Gasteiger partial charge in [0.05, 0.1) is 17.9 Å². The van der Waals surface area contributed by atoms with Gasteiger partial charge < -0.3 is 10.2 Å². The minimum absolute atomic E-state index is 0.0227. The third-order valence-electron chi connectivity index (χ3n) is 6.33. The summed E-state index contributed by atoms with van der Waals surface area (Å²) in [5.41, 5.74) is 3.77. The number of rotatable bonds is 8. The number of para-hydroxylation sites is 1. The molecule has 2 aromatic carbocycles. The maximum absolute atomic E-state index is 12.8. The summed E-state index contributed by atoms with van der Waals surface area (Å²) in [6.07, 6.45) is 8.43. The first-order chi connectivity index (χ1) is 16.1. The average molecular weight is 445 g/mol. The zero-order valence-electron chi connectivity index (χ0n) is 19.2. The second-order valence-corrected chi connectivity index (χ2v) is 8.88. The van der Waals surface area contributed by atoms with Gasteiger partial charge >= 0.3 is 0 Å². The molecule has 0 aliphatic heterocycles. The molecule has 4 rings (SSSR count). The normalized spacial score (nSPS) is 14.1. The zero-order chi connectivity index (χ0) is 23.0. The molecule has 3 aromatic rings. The van der Waals surface area contributed by atoms with Gasteiger partial charge in [-0.1, -0.05) is 67.8 Å². The first-order valence-corrected chi connectivity index (χ1v) is 11.8. The van der Waals surface area contributed by atoms with Gasteiger partial charge in [0, 0.05) is 37.3 Å². The van der Waals surface area contributed by atoms with Crippen molar-refractivity contribution < 1.29 is 9.59 Å². The van der Waals surface area contributed by atoms with Crippen LogP contribution in [0.2, 0.25) is 0 Å². The van der Waals surface area contributed by atoms with Gasteiger partial charge in [-0.2, -0.15) is 5.10 Å². The van der Waals surface area contributed by atoms with Crippen LogP contribution in [0.4, 0.5) is 0 Å². The van der Waals surface area contributed by atoms with Crippen molar-refractivity contribution in [2.24, 2.45) is 5.92 Å². The Morgan fingerprint density at radius 3 is 2.36 bits per heavy atom. The molecule has 6 heteroatoms. The van der Waals surface area contributed by atoms with E-state index in [0.29, 0.717) is 18.9 Å². The van der Waals surface area contributed by atoms with Gasteiger partial charge in [-0.15, -0.1) is 0 Å². The van der Waals surface area contributed by atoms with Crippen LogP contribution < -0.4 is 5.32 Å². The van der Waals surface area contributed by atoms with E-state index in [1.54, 1.807) is 11.9 Å². The van der Waals surface area contributed by atoms with Crippen LogP contribution in [-0.4, -0.2) is 40.1 Å². The molecule has 1 heterocycles. The fourth-order valence-corrected chi connectivity index (χ4v) is 4.46. The first kappa shape index (κ1) is 22.8. The summed E-state index contributed by atoms with van der Waals surface area (Å²) < 4.78 is 1.85. The Hall–Kier alpha value is -3.41. The standard InChI is InChI=1S/C27H32N4O2/c1-30(26(33)18-28-25(32)17-21-11-5-2-6-12-21)19-23-20-31(24-15-9-4-10-16-24)29-27(23)22-13-7-3-8-14-22/h3-4,7-10,13-16,20-21H,2,5-6,11-12,17-19H2,1H3,(H,28,32). The number of likely N-dealkylation sites (N-methyl/N-ethyl adjacent to an activating group) is 1. The molecule has 1 aromatic heterocycles. The van der Waals surface area contributed by atoms with Gasteiger partial charge in [-0.05, 0) is 30.9 Å². The topological polar surface area (TPSA) is 67.2 Å². The van der Waals surface area contributed by atoms with E-state index >= 15 is 0 Å². The maximum atomic E-state index is 12.8. The van der Waals surface area contributed by atoms with Crippen molar-refractivity contribution in [1.29, 1.82) is 0 Å². The summed E-state index contributed by atoms with van der Waals surface area (Å²) in [6, 6.07) is 19.9. The fraction of sp³-hybridized carbons (Fsp3) is 0.370. The minimum atomic E-state index is -0.113. The van der Waals surface area contributed by atoms with Crippen LogP contribution in [0.5, 0.6) is 0 Å². The predicted molar refractivity (Wildman–Crippen MR) is 130 cm³/mol. The lowest BCUT2D eigenvalue weighted by molar-refractivity contribution is -0.132. The second-order valence-electron chi connectivity index (χ2n) is 8.88. The molecule has 0 atom stereocenters. The fourth-order valence-electron chi connectivity index (χ4n) is 4.46. The molecule has 1 aliphatic rings. The largest absolute Gasteiger partial charge is 0.347 e. The van der Waals surface area contributed by atoms with Gasteiger partial charge in [0.2, 0.25) is 11.8 Å². The number of carbonyl (C=O) groups is 2. The Morgan fingerprint density at radius 2 is 1.67 bits per heavy atom. The number of hydrogen-bond donors (Lipinski definition) is 1. The van der Waals surface area contributed by atoms with Crippen molar-refractivity contribution in [3.05, 3.63) is 72.4 Å². The Kier molecular flexibility index (Phi) is 7.55. The summed E-state index contributed by atoms with van der Waals surface area (Å²) in [5, 5.41) is 7.63. The molecule has 0 unspecified atom stereocenters. The summed E-state index contributed by atoms with van der Waals surface area (Å²) >= 11 is 0. The summed E-state index contributed by atoms with van der Waals surface area (Å²) in [4.78, 5) is 26.7. The van der Waals surface area contributed by atoms with Gasteiger partial charge in [0.15, 0.2) is 0 Å². The highest BCUT2D eigenvalue weighted by atomic mass is 16.2. The molecule has 172 valence electrons. The number of hydrogen-bond acceptors (Lipinski definition) is 3. The molecule has 1 N–H and O–H groups in total. The number of aromatic nitrogens is 2. The molecule has 1 saturated carbocycles. The molecule has 0 radical (unpaired) electrons. The summed E-state index contributed by atoms with van der Waals surface area (Å²) in [6.45, 7) is 0.434. The van der Waals surface area contributed by atoms with Crippen molar-refractivity contribution in [3.63, 3.8) is 0 Å². The SMILES string of the molecule is CN(Cc1cn(-c2ccccc2)nc1-c1ccccc1)C(=O)CNC(=O)CC1CCCCC1. The number of nitrogens with zero attached hydrogens (tertiary/aromatic N) is 3. The molecule has 0 saturated heterocycles. The monoisotopic (exact) mass is 444 g/mol. The molecule has 6 nitrogen and oxygen atoms in total. The van der Waals surface area contributed by atoms with Crippen molar-refractivity contribution >= 4 is 11.8 Å². The third-order valence-corrected chi connectivity index (χ3v) is 6.33. The lowest BCUT2D eigenvalue weighted by Gasteiger charge is -2.21. The van der Waals surface area contributed by atoms with Crippen molar-refractivity contribution in [3.8, 4) is 16.9 Å². The Labute approximate surface area is 195 Å². The van der Waals surface area contributed by atoms with E-state index in [1.165, 1.54) is 19.3 Å². The van der Waals surface area contributed by atoms with Crippen molar-refractivity contribution in [2.75, 3.05) is 13.6 Å². The molecule has 1 fully saturated rings. The van der Waals surface area contributed by atoms with Crippen LogP contribution in [0, 0.1) is 5.92 Å². The van der Waals surface area contributed by atoms with Crippen molar-refractivity contribution in [2.45, 2.75) is 45.1 Å². The van der Waals surface area contributed by atoms with Crippen LogP contribution >= 0.6 is 0 Å². The van der Waals surface area contributed by atoms with E-state index in [-0.39, 0.29) is 18.4 Å². The third kappa shape index (κ3) is 6.09. The van der Waals surface area contributed by atoms with E-state index in [1.807, 2.05) is 71.5 Å². The molecule has 0 spiro atoms. The van der Waals surface area contributed by atoms with E-state index < -0.39 is 0 Å². The second kappa shape index (κ2) is 10.9. The van der Waals surface area contributed by atoms with E-state index in [0.717, 1.165) is 35.3 Å². The van der Waals surface area contributed by atoms with Gasteiger partial charge in [-0.3, -0.25) is 9.59 Å². The zero-order valence-corrected chi connectivity index (χ0v) is 19.2. The summed E-state index contributed by atoms with van der Waals surface area (Å²) in [7, 11) is 1.77. The van der Waals surface area contributed by atoms with Gasteiger partial charge in [0.1, 0.15) is 0 Å². The lowest BCUT2D eigenvalue weighted by Crippen LogP contribution is -2.38. The lowest BCUT2D eigenvalue weighted by atomic mass is 9.87. The van der Waals surface area contributed by atoms with E-state index in [9.17, 15) is 9.59 Å². The number of nitrogens with one attached hydrogen (secondary N) is 1. The minimum Gasteiger partial charge on any atom is -0.347 e. The molecule has 2 amide bonds. The highest BCUT2D eigenvalue weighted by molar-refractivity contribution is 5.84. The average Bonchev–Trinajstić information content (AvgIpc) is 3.28. The van der Waals surface area contributed by atoms with Crippen LogP contribution in [0.1, 0.15) is 44.1 Å². The van der Waals surface area contributed by atoms with Crippen LogP contribution in [0.25, 0.3) is 16.9 Å². The molecule has 33 heavy (non-hydrogen) atoms. The Bertz CT molecular complexity index is 1060. The number of amides is 2. The van der Waals surface area contributed by atoms with Crippen LogP contribution in [0.3, 0.4) is 0 Å². The Morgan fingerprint density at radius 1 is 1.00 bits per heavy atom. The highest BCUT2D eigenvalue weighted by Gasteiger charge is 2.19. The first-order valence-electron chi connectivity index (χ1n) is 11.8. The van der Waals surface area contributed by atoms with E-state index in [4.69, 9.17) is 5.10 Å². The molecular weight excluding hydrogens is 412 g/mol.